The molecule has 1 aliphatic heterocycles. The van der Waals surface area contributed by atoms with E-state index < -0.39 is 18.1 Å². The van der Waals surface area contributed by atoms with Crippen LogP contribution in [0.3, 0.4) is 0 Å². The molecule has 0 spiro atoms. The number of amides is 2. The number of nitrogens with one attached hydrogen (secondary N) is 3. The first-order valence-corrected chi connectivity index (χ1v) is 6.25. The van der Waals surface area contributed by atoms with Crippen LogP contribution < -0.4 is 10.6 Å². The van der Waals surface area contributed by atoms with Gasteiger partial charge in [-0.1, -0.05) is 0 Å². The Kier molecular flexibility index (Phi) is 4.34. The van der Waals surface area contributed by atoms with Crippen molar-refractivity contribution < 1.29 is 19.1 Å². The van der Waals surface area contributed by atoms with Crippen molar-refractivity contribution in [1.29, 1.82) is 0 Å². The molecule has 0 radical (unpaired) electrons. The summed E-state index contributed by atoms with van der Waals surface area (Å²) in [7, 11) is 1.26. The number of aromatic nitrogens is 2. The second-order valence-corrected chi connectivity index (χ2v) is 4.52. The van der Waals surface area contributed by atoms with Crippen molar-refractivity contribution in [3.8, 4) is 0 Å². The van der Waals surface area contributed by atoms with Crippen LogP contribution in [-0.2, 0) is 25.5 Å². The van der Waals surface area contributed by atoms with Gasteiger partial charge in [-0.2, -0.15) is 0 Å². The number of aromatic amines is 1. The summed E-state index contributed by atoms with van der Waals surface area (Å²) in [5.74, 6) is -1.09. The lowest BCUT2D eigenvalue weighted by Crippen LogP contribution is -2.50. The molecule has 8 heteroatoms. The summed E-state index contributed by atoms with van der Waals surface area (Å²) < 4.78 is 4.67. The lowest BCUT2D eigenvalue weighted by molar-refractivity contribution is -0.145. The predicted octanol–water partition coefficient (Wildman–Crippen LogP) is -1.11. The first kappa shape index (κ1) is 14.0. The van der Waals surface area contributed by atoms with Gasteiger partial charge in [-0.15, -0.1) is 0 Å². The third-order valence-corrected chi connectivity index (χ3v) is 3.09. The van der Waals surface area contributed by atoms with Gasteiger partial charge in [0.2, 0.25) is 11.8 Å². The number of H-pyrrole nitrogens is 1. The third-order valence-electron chi connectivity index (χ3n) is 3.09. The molecule has 1 aromatic heterocycles. The SMILES string of the molecule is COC(=O)C(Cc1cnc[nH]1)NC(=O)C1CCC(=O)N1. The zero-order chi connectivity index (χ0) is 14.5. The molecule has 1 aromatic rings. The third kappa shape index (κ3) is 3.34. The van der Waals surface area contributed by atoms with Crippen molar-refractivity contribution in [3.05, 3.63) is 18.2 Å². The van der Waals surface area contributed by atoms with Gasteiger partial charge in [0.25, 0.3) is 0 Å². The minimum Gasteiger partial charge on any atom is -0.467 e. The van der Waals surface area contributed by atoms with Gasteiger partial charge in [0.05, 0.1) is 13.4 Å². The van der Waals surface area contributed by atoms with E-state index in [4.69, 9.17) is 0 Å². The maximum absolute atomic E-state index is 12.0. The molecule has 1 aliphatic rings. The molecule has 0 aromatic carbocycles. The molecule has 2 rings (SSSR count). The van der Waals surface area contributed by atoms with Crippen LogP contribution in [-0.4, -0.2) is 46.9 Å². The molecule has 3 N–H and O–H groups in total. The van der Waals surface area contributed by atoms with Crippen LogP contribution in [0.25, 0.3) is 0 Å². The van der Waals surface area contributed by atoms with Crippen molar-refractivity contribution in [2.45, 2.75) is 31.3 Å². The minimum atomic E-state index is -0.814. The number of ether oxygens (including phenoxy) is 1. The Morgan fingerprint density at radius 1 is 1.60 bits per heavy atom. The maximum atomic E-state index is 12.0. The zero-order valence-corrected chi connectivity index (χ0v) is 11.0. The molecule has 20 heavy (non-hydrogen) atoms. The molecular formula is C12H16N4O4. The zero-order valence-electron chi connectivity index (χ0n) is 11.0. The summed E-state index contributed by atoms with van der Waals surface area (Å²) in [5, 5.41) is 5.14. The Hall–Kier alpha value is -2.38. The van der Waals surface area contributed by atoms with Crippen LogP contribution in [0, 0.1) is 0 Å². The number of methoxy groups -OCH3 is 1. The van der Waals surface area contributed by atoms with Gasteiger partial charge in [0, 0.05) is 24.7 Å². The molecule has 2 atom stereocenters. The number of hydrogen-bond donors (Lipinski definition) is 3. The van der Waals surface area contributed by atoms with Crippen molar-refractivity contribution in [1.82, 2.24) is 20.6 Å². The summed E-state index contributed by atoms with van der Waals surface area (Å²) in [6.07, 6.45) is 4.06. The van der Waals surface area contributed by atoms with Crippen molar-refractivity contribution in [2.75, 3.05) is 7.11 Å². The number of carbonyl (C=O) groups excluding carboxylic acids is 3. The number of nitrogens with zero attached hydrogens (tertiary/aromatic N) is 1. The number of rotatable bonds is 5. The van der Waals surface area contributed by atoms with Crippen LogP contribution in [0.2, 0.25) is 0 Å². The average molecular weight is 280 g/mol. The standard InChI is InChI=1S/C12H16N4O4/c1-20-12(19)9(4-7-5-13-6-14-7)16-11(18)8-2-3-10(17)15-8/h5-6,8-9H,2-4H2,1H3,(H,13,14)(H,15,17)(H,16,18). The van der Waals surface area contributed by atoms with E-state index in [9.17, 15) is 14.4 Å². The highest BCUT2D eigenvalue weighted by Crippen LogP contribution is 2.08. The Labute approximate surface area is 115 Å². The molecule has 1 fully saturated rings. The number of hydrogen-bond acceptors (Lipinski definition) is 5. The first-order valence-electron chi connectivity index (χ1n) is 6.25. The van der Waals surface area contributed by atoms with E-state index in [0.717, 1.165) is 0 Å². The van der Waals surface area contributed by atoms with E-state index in [0.29, 0.717) is 18.5 Å². The van der Waals surface area contributed by atoms with E-state index in [1.165, 1.54) is 13.4 Å². The summed E-state index contributed by atoms with van der Waals surface area (Å²) in [5.41, 5.74) is 0.705. The average Bonchev–Trinajstić information content (AvgIpc) is 3.08. The summed E-state index contributed by atoms with van der Waals surface area (Å²) in [6.45, 7) is 0. The summed E-state index contributed by atoms with van der Waals surface area (Å²) >= 11 is 0. The largest absolute Gasteiger partial charge is 0.467 e. The highest BCUT2D eigenvalue weighted by Gasteiger charge is 2.31. The molecule has 2 heterocycles. The topological polar surface area (TPSA) is 113 Å². The molecule has 0 bridgehead atoms. The molecule has 8 nitrogen and oxygen atoms in total. The van der Waals surface area contributed by atoms with Crippen LogP contribution in [0.1, 0.15) is 18.5 Å². The molecule has 2 unspecified atom stereocenters. The molecule has 1 saturated heterocycles. The van der Waals surface area contributed by atoms with Crippen molar-refractivity contribution in [3.63, 3.8) is 0 Å². The van der Waals surface area contributed by atoms with Crippen molar-refractivity contribution in [2.24, 2.45) is 0 Å². The van der Waals surface area contributed by atoms with Crippen LogP contribution >= 0.6 is 0 Å². The number of imidazole rings is 1. The quantitative estimate of drug-likeness (QED) is 0.592. The van der Waals surface area contributed by atoms with Crippen LogP contribution in [0.5, 0.6) is 0 Å². The van der Waals surface area contributed by atoms with E-state index in [2.05, 4.69) is 25.3 Å². The lowest BCUT2D eigenvalue weighted by atomic mass is 10.1. The van der Waals surface area contributed by atoms with Gasteiger partial charge in [-0.05, 0) is 6.42 Å². The summed E-state index contributed by atoms with van der Waals surface area (Å²) in [6, 6.07) is -1.40. The Balaban J connectivity index is 1.98. The van der Waals surface area contributed by atoms with E-state index in [-0.39, 0.29) is 18.2 Å². The second kappa shape index (κ2) is 6.18. The fourth-order valence-electron chi connectivity index (χ4n) is 2.03. The first-order chi connectivity index (χ1) is 9.60. The number of carbonyl (C=O) groups is 3. The van der Waals surface area contributed by atoms with Gasteiger partial charge >= 0.3 is 5.97 Å². The highest BCUT2D eigenvalue weighted by atomic mass is 16.5. The molecule has 0 saturated carbocycles. The van der Waals surface area contributed by atoms with Crippen molar-refractivity contribution >= 4 is 17.8 Å². The molecule has 0 aliphatic carbocycles. The Morgan fingerprint density at radius 3 is 2.95 bits per heavy atom. The lowest BCUT2D eigenvalue weighted by Gasteiger charge is -2.18. The monoisotopic (exact) mass is 280 g/mol. The van der Waals surface area contributed by atoms with Crippen LogP contribution in [0.15, 0.2) is 12.5 Å². The maximum Gasteiger partial charge on any atom is 0.328 e. The smallest absolute Gasteiger partial charge is 0.328 e. The highest BCUT2D eigenvalue weighted by molar-refractivity contribution is 5.93. The van der Waals surface area contributed by atoms with Crippen LogP contribution in [0.4, 0.5) is 0 Å². The van der Waals surface area contributed by atoms with Gasteiger partial charge in [0.15, 0.2) is 0 Å². The normalized spacial score (nSPS) is 19.2. The molecule has 2 amide bonds. The Morgan fingerprint density at radius 2 is 2.40 bits per heavy atom. The fourth-order valence-corrected chi connectivity index (χ4v) is 2.03. The van der Waals surface area contributed by atoms with Gasteiger partial charge in [0.1, 0.15) is 12.1 Å². The predicted molar refractivity (Wildman–Crippen MR) is 67.4 cm³/mol. The Bertz CT molecular complexity index is 500. The van der Waals surface area contributed by atoms with Gasteiger partial charge in [-0.25, -0.2) is 9.78 Å². The van der Waals surface area contributed by atoms with E-state index >= 15 is 0 Å². The van der Waals surface area contributed by atoms with Gasteiger partial charge in [-0.3, -0.25) is 9.59 Å². The van der Waals surface area contributed by atoms with E-state index in [1.54, 1.807) is 6.20 Å². The number of esters is 1. The summed E-state index contributed by atoms with van der Waals surface area (Å²) in [4.78, 5) is 41.5. The molecular weight excluding hydrogens is 264 g/mol. The van der Waals surface area contributed by atoms with E-state index in [1.807, 2.05) is 0 Å². The minimum absolute atomic E-state index is 0.159. The van der Waals surface area contributed by atoms with Gasteiger partial charge < -0.3 is 20.4 Å². The fraction of sp³-hybridized carbons (Fsp3) is 0.500. The second-order valence-electron chi connectivity index (χ2n) is 4.52. The molecule has 108 valence electrons.